The minimum atomic E-state index is -0.551. The zero-order valence-electron chi connectivity index (χ0n) is 14.1. The van der Waals surface area contributed by atoms with E-state index >= 15 is 0 Å². The van der Waals surface area contributed by atoms with Crippen LogP contribution in [0.15, 0.2) is 65.8 Å². The number of carbonyl (C=O) groups is 1. The number of carbonyl (C=O) groups excluding carboxylic acids is 1. The summed E-state index contributed by atoms with van der Waals surface area (Å²) in [7, 11) is 0. The largest absolute Gasteiger partial charge is 0.494 e. The summed E-state index contributed by atoms with van der Waals surface area (Å²) >= 11 is 0. The number of benzene rings is 2. The molecule has 0 heterocycles. The SMILES string of the molecule is O=C(OCc1ccccc1)C(/C=N\O)CCCCOc1ccccc1. The topological polar surface area (TPSA) is 68.1 Å². The van der Waals surface area contributed by atoms with Gasteiger partial charge in [0.2, 0.25) is 0 Å². The molecule has 1 atom stereocenters. The van der Waals surface area contributed by atoms with Gasteiger partial charge in [-0.1, -0.05) is 48.5 Å². The number of esters is 1. The van der Waals surface area contributed by atoms with Crippen LogP contribution in [0.4, 0.5) is 0 Å². The van der Waals surface area contributed by atoms with Crippen molar-refractivity contribution in [3.63, 3.8) is 0 Å². The Labute approximate surface area is 147 Å². The summed E-state index contributed by atoms with van der Waals surface area (Å²) in [5.74, 6) is -0.102. The Balaban J connectivity index is 1.69. The van der Waals surface area contributed by atoms with Gasteiger partial charge in [0, 0.05) is 0 Å². The number of hydrogen-bond donors (Lipinski definition) is 1. The number of rotatable bonds is 10. The Kier molecular flexibility index (Phi) is 8.05. The molecule has 0 aliphatic carbocycles. The van der Waals surface area contributed by atoms with Gasteiger partial charge in [0.15, 0.2) is 0 Å². The monoisotopic (exact) mass is 341 g/mol. The van der Waals surface area contributed by atoms with Crippen LogP contribution < -0.4 is 4.74 Å². The molecule has 1 unspecified atom stereocenters. The van der Waals surface area contributed by atoms with Gasteiger partial charge < -0.3 is 14.7 Å². The van der Waals surface area contributed by atoms with E-state index in [-0.39, 0.29) is 12.6 Å². The van der Waals surface area contributed by atoms with Gasteiger partial charge in [-0.15, -0.1) is 5.16 Å². The van der Waals surface area contributed by atoms with Crippen molar-refractivity contribution >= 4 is 12.2 Å². The number of ether oxygens (including phenoxy) is 2. The van der Waals surface area contributed by atoms with Gasteiger partial charge in [0.25, 0.3) is 0 Å². The van der Waals surface area contributed by atoms with Crippen LogP contribution in [0.25, 0.3) is 0 Å². The highest BCUT2D eigenvalue weighted by atomic mass is 16.5. The molecule has 2 aromatic rings. The minimum Gasteiger partial charge on any atom is -0.494 e. The summed E-state index contributed by atoms with van der Waals surface area (Å²) in [5.41, 5.74) is 0.923. The third kappa shape index (κ3) is 7.08. The molecule has 0 bridgehead atoms. The third-order valence-corrected chi connectivity index (χ3v) is 3.69. The number of nitrogens with zero attached hydrogens (tertiary/aromatic N) is 1. The van der Waals surface area contributed by atoms with Crippen LogP contribution >= 0.6 is 0 Å². The Morgan fingerprint density at radius 3 is 2.40 bits per heavy atom. The first-order valence-electron chi connectivity index (χ1n) is 8.35. The van der Waals surface area contributed by atoms with Crippen LogP contribution in [-0.2, 0) is 16.1 Å². The zero-order chi connectivity index (χ0) is 17.7. The van der Waals surface area contributed by atoms with Gasteiger partial charge in [0.05, 0.1) is 18.7 Å². The van der Waals surface area contributed by atoms with E-state index in [0.29, 0.717) is 13.0 Å². The molecule has 132 valence electrons. The van der Waals surface area contributed by atoms with Crippen molar-refractivity contribution in [2.24, 2.45) is 11.1 Å². The highest BCUT2D eigenvalue weighted by Crippen LogP contribution is 2.13. The third-order valence-electron chi connectivity index (χ3n) is 3.69. The average molecular weight is 341 g/mol. The predicted molar refractivity (Wildman–Crippen MR) is 95.8 cm³/mol. The number of oxime groups is 1. The van der Waals surface area contributed by atoms with Gasteiger partial charge in [-0.2, -0.15) is 0 Å². The molecule has 0 fully saturated rings. The Morgan fingerprint density at radius 2 is 1.72 bits per heavy atom. The zero-order valence-corrected chi connectivity index (χ0v) is 14.1. The van der Waals surface area contributed by atoms with E-state index in [0.717, 1.165) is 24.2 Å². The quantitative estimate of drug-likeness (QED) is 0.233. The summed E-state index contributed by atoms with van der Waals surface area (Å²) in [6, 6.07) is 19.1. The highest BCUT2D eigenvalue weighted by molar-refractivity contribution is 5.89. The Hall–Kier alpha value is -2.82. The van der Waals surface area contributed by atoms with Gasteiger partial charge in [-0.05, 0) is 37.0 Å². The lowest BCUT2D eigenvalue weighted by atomic mass is 10.0. The van der Waals surface area contributed by atoms with E-state index in [1.807, 2.05) is 60.7 Å². The van der Waals surface area contributed by atoms with E-state index < -0.39 is 5.92 Å². The van der Waals surface area contributed by atoms with Crippen LogP contribution in [0.3, 0.4) is 0 Å². The Bertz CT molecular complexity index is 643. The highest BCUT2D eigenvalue weighted by Gasteiger charge is 2.18. The van der Waals surface area contributed by atoms with Gasteiger partial charge >= 0.3 is 5.97 Å². The molecular weight excluding hydrogens is 318 g/mol. The fraction of sp³-hybridized carbons (Fsp3) is 0.300. The molecule has 0 saturated carbocycles. The number of hydrogen-bond acceptors (Lipinski definition) is 5. The molecule has 2 rings (SSSR count). The number of para-hydroxylation sites is 1. The maximum atomic E-state index is 12.1. The second kappa shape index (κ2) is 10.9. The van der Waals surface area contributed by atoms with E-state index in [1.54, 1.807) is 0 Å². The van der Waals surface area contributed by atoms with Crippen molar-refractivity contribution < 1.29 is 19.5 Å². The van der Waals surface area contributed by atoms with E-state index in [9.17, 15) is 4.79 Å². The molecule has 0 saturated heterocycles. The van der Waals surface area contributed by atoms with Crippen LogP contribution in [0.1, 0.15) is 24.8 Å². The predicted octanol–water partition coefficient (Wildman–Crippen LogP) is 4.06. The van der Waals surface area contributed by atoms with Crippen molar-refractivity contribution in [2.45, 2.75) is 25.9 Å². The molecule has 0 aliphatic heterocycles. The maximum Gasteiger partial charge on any atom is 0.314 e. The fourth-order valence-corrected chi connectivity index (χ4v) is 2.34. The van der Waals surface area contributed by atoms with Gasteiger partial charge in [-0.25, -0.2) is 0 Å². The van der Waals surface area contributed by atoms with Crippen LogP contribution in [-0.4, -0.2) is 24.0 Å². The first-order chi connectivity index (χ1) is 12.3. The summed E-state index contributed by atoms with van der Waals surface area (Å²) in [6.45, 7) is 0.790. The summed E-state index contributed by atoms with van der Waals surface area (Å²) in [4.78, 5) is 12.1. The molecule has 2 aromatic carbocycles. The molecular formula is C20H23NO4. The normalized spacial score (nSPS) is 12.0. The standard InChI is InChI=1S/C20H23NO4/c22-20(25-16-17-9-3-1-4-10-17)18(15-21-23)11-7-8-14-24-19-12-5-2-6-13-19/h1-6,9-10,12-13,15,18,23H,7-8,11,14,16H2/b21-15-. The van der Waals surface area contributed by atoms with E-state index in [1.165, 1.54) is 6.21 Å². The van der Waals surface area contributed by atoms with Gasteiger partial charge in [0.1, 0.15) is 12.4 Å². The van der Waals surface area contributed by atoms with Crippen molar-refractivity contribution in [3.05, 3.63) is 66.2 Å². The van der Waals surface area contributed by atoms with E-state index in [4.69, 9.17) is 14.7 Å². The molecule has 0 spiro atoms. The molecule has 25 heavy (non-hydrogen) atoms. The first kappa shape index (κ1) is 18.5. The maximum absolute atomic E-state index is 12.1. The van der Waals surface area contributed by atoms with Crippen LogP contribution in [0.5, 0.6) is 5.75 Å². The van der Waals surface area contributed by atoms with E-state index in [2.05, 4.69) is 5.16 Å². The summed E-state index contributed by atoms with van der Waals surface area (Å²) < 4.78 is 10.9. The second-order valence-electron chi connectivity index (χ2n) is 5.62. The minimum absolute atomic E-state index is 0.215. The molecule has 1 N–H and O–H groups in total. The molecule has 5 nitrogen and oxygen atoms in total. The molecule has 0 radical (unpaired) electrons. The van der Waals surface area contributed by atoms with Gasteiger partial charge in [-0.3, -0.25) is 4.79 Å². The molecule has 5 heteroatoms. The molecule has 0 aliphatic rings. The van der Waals surface area contributed by atoms with Crippen molar-refractivity contribution in [1.29, 1.82) is 0 Å². The van der Waals surface area contributed by atoms with Crippen LogP contribution in [0.2, 0.25) is 0 Å². The Morgan fingerprint density at radius 1 is 1.04 bits per heavy atom. The number of unbranched alkanes of at least 4 members (excludes halogenated alkanes) is 1. The van der Waals surface area contributed by atoms with Crippen molar-refractivity contribution in [3.8, 4) is 5.75 Å². The summed E-state index contributed by atoms with van der Waals surface area (Å²) in [6.07, 6.45) is 3.35. The fourth-order valence-electron chi connectivity index (χ4n) is 2.34. The van der Waals surface area contributed by atoms with Crippen molar-refractivity contribution in [1.82, 2.24) is 0 Å². The lowest BCUT2D eigenvalue weighted by Crippen LogP contribution is -2.19. The summed E-state index contributed by atoms with van der Waals surface area (Å²) in [5, 5.41) is 11.8. The first-order valence-corrected chi connectivity index (χ1v) is 8.35. The second-order valence-corrected chi connectivity index (χ2v) is 5.62. The lowest BCUT2D eigenvalue weighted by Gasteiger charge is -2.12. The molecule has 0 amide bonds. The average Bonchev–Trinajstić information content (AvgIpc) is 2.66. The smallest absolute Gasteiger partial charge is 0.314 e. The van der Waals surface area contributed by atoms with Crippen molar-refractivity contribution in [2.75, 3.05) is 6.61 Å². The molecule has 0 aromatic heterocycles. The van der Waals surface area contributed by atoms with Crippen LogP contribution in [0, 0.1) is 5.92 Å². The lowest BCUT2D eigenvalue weighted by molar-refractivity contribution is -0.147.